The molecule has 1 aromatic heterocycles. The molecule has 1 aromatic rings. The summed E-state index contributed by atoms with van der Waals surface area (Å²) in [6.45, 7) is 10.9. The van der Waals surface area contributed by atoms with Crippen molar-refractivity contribution >= 4 is 11.5 Å². The van der Waals surface area contributed by atoms with Gasteiger partial charge in [-0.05, 0) is 38.2 Å². The predicted molar refractivity (Wildman–Crippen MR) is 94.4 cm³/mol. The lowest BCUT2D eigenvalue weighted by Crippen LogP contribution is -2.45. The first-order chi connectivity index (χ1) is 11.5. The summed E-state index contributed by atoms with van der Waals surface area (Å²) < 4.78 is 5.40. The maximum atomic E-state index is 10.8. The van der Waals surface area contributed by atoms with E-state index >= 15 is 0 Å². The van der Waals surface area contributed by atoms with E-state index in [9.17, 15) is 10.1 Å². The van der Waals surface area contributed by atoms with Crippen LogP contribution in [0.25, 0.3) is 0 Å². The van der Waals surface area contributed by atoms with E-state index < -0.39 is 4.92 Å². The molecule has 0 bridgehead atoms. The average Bonchev–Trinajstić information content (AvgIpc) is 2.55. The van der Waals surface area contributed by atoms with Crippen LogP contribution in [0.1, 0.15) is 32.3 Å². The molecule has 0 saturated carbocycles. The van der Waals surface area contributed by atoms with Gasteiger partial charge in [0.25, 0.3) is 5.69 Å². The summed E-state index contributed by atoms with van der Waals surface area (Å²) in [5, 5.41) is 14.3. The molecule has 0 aliphatic carbocycles. The number of hydrogen-bond donors (Lipinski definition) is 1. The van der Waals surface area contributed by atoms with E-state index in [1.165, 1.54) is 6.20 Å². The molecule has 1 N–H and O–H groups in total. The van der Waals surface area contributed by atoms with Crippen molar-refractivity contribution in [3.05, 3.63) is 27.9 Å². The van der Waals surface area contributed by atoms with Crippen molar-refractivity contribution in [3.8, 4) is 0 Å². The van der Waals surface area contributed by atoms with Crippen molar-refractivity contribution in [1.29, 1.82) is 0 Å². The fourth-order valence-electron chi connectivity index (χ4n) is 3.17. The highest BCUT2D eigenvalue weighted by Gasteiger charge is 2.26. The molecule has 134 valence electrons. The number of hydrogen-bond acceptors (Lipinski definition) is 6. The Kier molecular flexibility index (Phi) is 6.93. The molecule has 0 amide bonds. The van der Waals surface area contributed by atoms with Crippen molar-refractivity contribution in [2.45, 2.75) is 39.7 Å². The summed E-state index contributed by atoms with van der Waals surface area (Å²) in [5.41, 5.74) is 0.853. The normalized spacial score (nSPS) is 21.6. The summed E-state index contributed by atoms with van der Waals surface area (Å²) in [6, 6.07) is 1.92. The van der Waals surface area contributed by atoms with E-state index in [2.05, 4.69) is 22.1 Å². The molecule has 0 unspecified atom stereocenters. The summed E-state index contributed by atoms with van der Waals surface area (Å²) in [5.74, 6) is 1.25. The van der Waals surface area contributed by atoms with Gasteiger partial charge in [0.1, 0.15) is 12.0 Å². The second-order valence-corrected chi connectivity index (χ2v) is 6.48. The van der Waals surface area contributed by atoms with Gasteiger partial charge in [-0.1, -0.05) is 6.92 Å². The van der Waals surface area contributed by atoms with Gasteiger partial charge >= 0.3 is 0 Å². The van der Waals surface area contributed by atoms with Gasteiger partial charge in [0.05, 0.1) is 4.92 Å². The number of aromatic nitrogens is 1. The minimum atomic E-state index is -0.410. The van der Waals surface area contributed by atoms with E-state index in [1.54, 1.807) is 6.07 Å². The van der Waals surface area contributed by atoms with Crippen molar-refractivity contribution in [3.63, 3.8) is 0 Å². The van der Waals surface area contributed by atoms with Crippen LogP contribution in [0.5, 0.6) is 0 Å². The van der Waals surface area contributed by atoms with Gasteiger partial charge < -0.3 is 15.0 Å². The maximum Gasteiger partial charge on any atom is 0.287 e. The molecule has 2 rings (SSSR count). The van der Waals surface area contributed by atoms with Gasteiger partial charge in [0.2, 0.25) is 0 Å². The van der Waals surface area contributed by atoms with Crippen molar-refractivity contribution in [2.24, 2.45) is 5.92 Å². The number of ether oxygens (including phenoxy) is 1. The maximum absolute atomic E-state index is 10.8. The van der Waals surface area contributed by atoms with Crippen LogP contribution in [0.15, 0.2) is 12.3 Å². The summed E-state index contributed by atoms with van der Waals surface area (Å²) in [7, 11) is 0. The zero-order valence-corrected chi connectivity index (χ0v) is 14.8. The average molecular weight is 336 g/mol. The number of rotatable bonds is 8. The van der Waals surface area contributed by atoms with Crippen LogP contribution < -0.4 is 5.32 Å². The van der Waals surface area contributed by atoms with E-state index in [-0.39, 0.29) is 5.69 Å². The smallest absolute Gasteiger partial charge is 0.287 e. The molecule has 7 nitrogen and oxygen atoms in total. The van der Waals surface area contributed by atoms with Crippen LogP contribution in [0, 0.1) is 23.0 Å². The van der Waals surface area contributed by atoms with E-state index in [0.717, 1.165) is 57.1 Å². The van der Waals surface area contributed by atoms with Gasteiger partial charge in [-0.3, -0.25) is 10.1 Å². The molecule has 0 spiro atoms. The Labute approximate surface area is 143 Å². The number of anilines is 1. The fraction of sp³-hybridized carbons (Fsp3) is 0.706. The number of nitro groups is 1. The first-order valence-electron chi connectivity index (χ1n) is 8.69. The highest BCUT2D eigenvalue weighted by Crippen LogP contribution is 2.24. The molecule has 2 atom stereocenters. The molecule has 1 fully saturated rings. The Morgan fingerprint density at radius 2 is 2.33 bits per heavy atom. The van der Waals surface area contributed by atoms with Crippen molar-refractivity contribution in [2.75, 3.05) is 38.2 Å². The van der Waals surface area contributed by atoms with Crippen LogP contribution in [0.4, 0.5) is 11.5 Å². The number of likely N-dealkylation sites (tertiary alicyclic amines) is 1. The molecule has 1 aliphatic heterocycles. The van der Waals surface area contributed by atoms with Crippen molar-refractivity contribution < 1.29 is 9.66 Å². The summed E-state index contributed by atoms with van der Waals surface area (Å²) in [4.78, 5) is 17.1. The van der Waals surface area contributed by atoms with Gasteiger partial charge in [-0.25, -0.2) is 4.98 Å². The van der Waals surface area contributed by atoms with E-state index in [0.29, 0.717) is 12.0 Å². The summed E-state index contributed by atoms with van der Waals surface area (Å²) >= 11 is 0. The first-order valence-corrected chi connectivity index (χ1v) is 8.69. The molecular weight excluding hydrogens is 308 g/mol. The van der Waals surface area contributed by atoms with Crippen LogP contribution in [0.2, 0.25) is 0 Å². The van der Waals surface area contributed by atoms with Crippen LogP contribution in [-0.2, 0) is 4.74 Å². The first kappa shape index (κ1) is 18.6. The molecule has 1 saturated heterocycles. The zero-order valence-electron chi connectivity index (χ0n) is 14.8. The van der Waals surface area contributed by atoms with E-state index in [1.807, 2.05) is 13.8 Å². The number of aryl methyl sites for hydroxylation is 1. The largest absolute Gasteiger partial charge is 0.382 e. The molecule has 1 aliphatic rings. The number of nitrogens with one attached hydrogen (secondary N) is 1. The number of nitrogens with zero attached hydrogens (tertiary/aromatic N) is 3. The SMILES string of the molecule is CCOCCCN1CC[C@@H](Nc2ncc([N+](=O)[O-])cc2C)[C@H](C)C1. The Morgan fingerprint density at radius 1 is 1.54 bits per heavy atom. The lowest BCUT2D eigenvalue weighted by molar-refractivity contribution is -0.385. The number of pyridine rings is 1. The second-order valence-electron chi connectivity index (χ2n) is 6.48. The van der Waals surface area contributed by atoms with Crippen LogP contribution in [-0.4, -0.2) is 53.7 Å². The Bertz CT molecular complexity index is 553. The van der Waals surface area contributed by atoms with Gasteiger partial charge in [0.15, 0.2) is 0 Å². The molecule has 0 aromatic carbocycles. The topological polar surface area (TPSA) is 80.5 Å². The summed E-state index contributed by atoms with van der Waals surface area (Å²) in [6.07, 6.45) is 3.44. The number of piperidine rings is 1. The highest BCUT2D eigenvalue weighted by molar-refractivity contribution is 5.49. The van der Waals surface area contributed by atoms with Crippen molar-refractivity contribution in [1.82, 2.24) is 9.88 Å². The monoisotopic (exact) mass is 336 g/mol. The van der Waals surface area contributed by atoms with Gasteiger partial charge in [-0.15, -0.1) is 0 Å². The predicted octanol–water partition coefficient (Wildman–Crippen LogP) is 2.85. The fourth-order valence-corrected chi connectivity index (χ4v) is 3.17. The third-order valence-corrected chi connectivity index (χ3v) is 4.55. The van der Waals surface area contributed by atoms with Crippen LogP contribution >= 0.6 is 0 Å². The lowest BCUT2D eigenvalue weighted by Gasteiger charge is -2.37. The van der Waals surface area contributed by atoms with Crippen LogP contribution in [0.3, 0.4) is 0 Å². The quantitative estimate of drug-likeness (QED) is 0.447. The second kappa shape index (κ2) is 8.94. The Balaban J connectivity index is 1.85. The molecule has 2 heterocycles. The molecular formula is C17H28N4O3. The Hall–Kier alpha value is -1.73. The minimum Gasteiger partial charge on any atom is -0.382 e. The minimum absolute atomic E-state index is 0.0372. The van der Waals surface area contributed by atoms with Gasteiger partial charge in [-0.2, -0.15) is 0 Å². The third kappa shape index (κ3) is 5.14. The standard InChI is InChI=1S/C17H28N4O3/c1-4-24-9-5-7-20-8-6-16(14(3)12-20)19-17-13(2)10-15(11-18-17)21(22)23/h10-11,14,16H,4-9,12H2,1-3H3,(H,18,19)/t14-,16-/m1/s1. The van der Waals surface area contributed by atoms with E-state index in [4.69, 9.17) is 4.74 Å². The Morgan fingerprint density at radius 3 is 2.96 bits per heavy atom. The highest BCUT2D eigenvalue weighted by atomic mass is 16.6. The molecule has 24 heavy (non-hydrogen) atoms. The third-order valence-electron chi connectivity index (χ3n) is 4.55. The molecule has 0 radical (unpaired) electrons. The lowest BCUT2D eigenvalue weighted by atomic mass is 9.93. The zero-order chi connectivity index (χ0) is 17.5. The van der Waals surface area contributed by atoms with Gasteiger partial charge in [0, 0.05) is 45.0 Å². The molecule has 7 heteroatoms.